The van der Waals surface area contributed by atoms with Crippen molar-refractivity contribution in [3.8, 4) is 0 Å². The van der Waals surface area contributed by atoms with Crippen LogP contribution in [0.25, 0.3) is 0 Å². The molecule has 4 fully saturated rings. The summed E-state index contributed by atoms with van der Waals surface area (Å²) in [6.45, 7) is 2.04. The molecule has 0 amide bonds. The van der Waals surface area contributed by atoms with Crippen LogP contribution in [0.2, 0.25) is 0 Å². The summed E-state index contributed by atoms with van der Waals surface area (Å²) in [5.74, 6) is 4.21. The van der Waals surface area contributed by atoms with Crippen LogP contribution in [0, 0.1) is 17.8 Å². The van der Waals surface area contributed by atoms with Gasteiger partial charge in [0.25, 0.3) is 0 Å². The third-order valence-electron chi connectivity index (χ3n) is 6.23. The van der Waals surface area contributed by atoms with Crippen molar-refractivity contribution < 1.29 is 4.52 Å². The fraction of sp³-hybridized carbons (Fsp3) is 0.812. The van der Waals surface area contributed by atoms with Gasteiger partial charge in [-0.1, -0.05) is 5.16 Å². The first-order chi connectivity index (χ1) is 9.32. The zero-order valence-corrected chi connectivity index (χ0v) is 11.5. The Morgan fingerprint density at radius 3 is 2.42 bits per heavy atom. The molecule has 1 N–H and O–H groups in total. The molecule has 0 radical (unpaired) electrons. The van der Waals surface area contributed by atoms with Crippen molar-refractivity contribution in [1.29, 1.82) is 0 Å². The largest absolute Gasteiger partial charge is 0.360 e. The maximum Gasteiger partial charge on any atom is 0.147 e. The molecule has 4 aliphatic carbocycles. The van der Waals surface area contributed by atoms with Gasteiger partial charge in [0.2, 0.25) is 0 Å². The van der Waals surface area contributed by atoms with Crippen LogP contribution in [0.1, 0.15) is 55.5 Å². The van der Waals surface area contributed by atoms with Crippen LogP contribution < -0.4 is 5.32 Å². The fourth-order valence-corrected chi connectivity index (χ4v) is 5.95. The van der Waals surface area contributed by atoms with Gasteiger partial charge in [-0.2, -0.15) is 0 Å². The number of nitrogens with zero attached hydrogens (tertiary/aromatic N) is 1. The highest BCUT2D eigenvalue weighted by Gasteiger charge is 2.54. The van der Waals surface area contributed by atoms with E-state index >= 15 is 0 Å². The Kier molecular flexibility index (Phi) is 2.08. The van der Waals surface area contributed by atoms with Gasteiger partial charge in [-0.05, 0) is 56.3 Å². The molecule has 0 spiro atoms. The van der Waals surface area contributed by atoms with Crippen molar-refractivity contribution in [2.24, 2.45) is 17.8 Å². The van der Waals surface area contributed by atoms with Gasteiger partial charge in [0.1, 0.15) is 5.76 Å². The number of nitrogens with one attached hydrogen (secondary N) is 1. The first kappa shape index (κ1) is 10.9. The number of fused-ring (bicyclic) bond motifs is 1. The van der Waals surface area contributed by atoms with Crippen molar-refractivity contribution in [3.63, 3.8) is 0 Å². The molecule has 0 atom stereocenters. The molecule has 0 unspecified atom stereocenters. The molecule has 19 heavy (non-hydrogen) atoms. The first-order valence-corrected chi connectivity index (χ1v) is 8.01. The zero-order chi connectivity index (χ0) is 12.4. The normalized spacial score (nSPS) is 43.5. The van der Waals surface area contributed by atoms with Gasteiger partial charge in [0.05, 0.1) is 5.69 Å². The number of rotatable bonds is 1. The second-order valence-corrected chi connectivity index (χ2v) is 7.56. The molecule has 102 valence electrons. The first-order valence-electron chi connectivity index (χ1n) is 8.01. The van der Waals surface area contributed by atoms with E-state index in [0.29, 0.717) is 5.41 Å². The second kappa shape index (κ2) is 3.63. The molecule has 0 aromatic carbocycles. The molecule has 1 aliphatic heterocycles. The molecule has 1 aromatic heterocycles. The third-order valence-corrected chi connectivity index (χ3v) is 6.23. The summed E-state index contributed by atoms with van der Waals surface area (Å²) in [5.41, 5.74) is 3.03. The summed E-state index contributed by atoms with van der Waals surface area (Å²) >= 11 is 0. The molecular weight excluding hydrogens is 236 g/mol. The summed E-state index contributed by atoms with van der Waals surface area (Å²) < 4.78 is 5.91. The summed E-state index contributed by atoms with van der Waals surface area (Å²) in [7, 11) is 0. The average molecular weight is 258 g/mol. The Labute approximate surface area is 114 Å². The van der Waals surface area contributed by atoms with Gasteiger partial charge in [0, 0.05) is 30.5 Å². The Balaban J connectivity index is 1.60. The van der Waals surface area contributed by atoms with Crippen LogP contribution in [0.5, 0.6) is 0 Å². The van der Waals surface area contributed by atoms with E-state index < -0.39 is 0 Å². The van der Waals surface area contributed by atoms with E-state index in [0.717, 1.165) is 37.3 Å². The predicted molar refractivity (Wildman–Crippen MR) is 71.8 cm³/mol. The SMILES string of the molecule is C1Cc2noc(C34CC5CC(CC(C5)C3)C4)c2CN1. The predicted octanol–water partition coefficient (Wildman–Crippen LogP) is 2.79. The van der Waals surface area contributed by atoms with Crippen LogP contribution in [-0.2, 0) is 18.4 Å². The highest BCUT2D eigenvalue weighted by atomic mass is 16.5. The van der Waals surface area contributed by atoms with Crippen LogP contribution in [0.15, 0.2) is 4.52 Å². The van der Waals surface area contributed by atoms with Crippen molar-refractivity contribution in [3.05, 3.63) is 17.0 Å². The van der Waals surface area contributed by atoms with Gasteiger partial charge in [0.15, 0.2) is 0 Å². The summed E-state index contributed by atoms with van der Waals surface area (Å²) in [4.78, 5) is 0. The zero-order valence-electron chi connectivity index (χ0n) is 11.5. The lowest BCUT2D eigenvalue weighted by Gasteiger charge is -2.55. The monoisotopic (exact) mass is 258 g/mol. The lowest BCUT2D eigenvalue weighted by molar-refractivity contribution is -0.0180. The molecule has 2 heterocycles. The smallest absolute Gasteiger partial charge is 0.147 e. The van der Waals surface area contributed by atoms with E-state index in [1.54, 1.807) is 0 Å². The molecule has 4 saturated carbocycles. The van der Waals surface area contributed by atoms with Gasteiger partial charge in [-0.15, -0.1) is 0 Å². The standard InChI is InChI=1S/C16H22N2O/c1-2-17-9-13-14(1)18-19-15(13)16-6-10-3-11(7-16)5-12(4-10)8-16/h10-12,17H,1-9H2. The topological polar surface area (TPSA) is 38.1 Å². The minimum atomic E-state index is 0.369. The van der Waals surface area contributed by atoms with E-state index in [1.807, 2.05) is 0 Å². The Morgan fingerprint density at radius 2 is 1.74 bits per heavy atom. The van der Waals surface area contributed by atoms with Crippen LogP contribution in [-0.4, -0.2) is 11.7 Å². The van der Waals surface area contributed by atoms with Crippen molar-refractivity contribution in [2.75, 3.05) is 6.54 Å². The summed E-state index contributed by atoms with van der Waals surface area (Å²) in [6, 6.07) is 0. The number of hydrogen-bond acceptors (Lipinski definition) is 3. The molecule has 3 heteroatoms. The Hall–Kier alpha value is -0.830. The minimum Gasteiger partial charge on any atom is -0.360 e. The summed E-state index contributed by atoms with van der Waals surface area (Å²) in [5, 5.41) is 7.90. The average Bonchev–Trinajstić information content (AvgIpc) is 2.81. The Morgan fingerprint density at radius 1 is 1.05 bits per heavy atom. The highest BCUT2D eigenvalue weighted by Crippen LogP contribution is 2.61. The van der Waals surface area contributed by atoms with Crippen LogP contribution in [0.4, 0.5) is 0 Å². The van der Waals surface area contributed by atoms with Gasteiger partial charge < -0.3 is 9.84 Å². The van der Waals surface area contributed by atoms with Crippen molar-refractivity contribution >= 4 is 0 Å². The van der Waals surface area contributed by atoms with E-state index in [-0.39, 0.29) is 0 Å². The molecule has 1 aromatic rings. The van der Waals surface area contributed by atoms with Crippen LogP contribution >= 0.6 is 0 Å². The molecule has 3 nitrogen and oxygen atoms in total. The van der Waals surface area contributed by atoms with Crippen molar-refractivity contribution in [1.82, 2.24) is 10.5 Å². The second-order valence-electron chi connectivity index (χ2n) is 7.56. The molecule has 4 bridgehead atoms. The molecule has 5 aliphatic rings. The van der Waals surface area contributed by atoms with E-state index in [4.69, 9.17) is 4.52 Å². The lowest BCUT2D eigenvalue weighted by atomic mass is 9.48. The van der Waals surface area contributed by atoms with Gasteiger partial charge >= 0.3 is 0 Å². The maximum absolute atomic E-state index is 5.91. The minimum absolute atomic E-state index is 0.369. The van der Waals surface area contributed by atoms with E-state index in [2.05, 4.69) is 10.5 Å². The lowest BCUT2D eigenvalue weighted by Crippen LogP contribution is -2.49. The quantitative estimate of drug-likeness (QED) is 0.841. The number of hydrogen-bond donors (Lipinski definition) is 1. The molecule has 6 rings (SSSR count). The van der Waals surface area contributed by atoms with E-state index in [1.165, 1.54) is 55.5 Å². The van der Waals surface area contributed by atoms with Crippen molar-refractivity contribution in [2.45, 2.75) is 56.9 Å². The highest BCUT2D eigenvalue weighted by molar-refractivity contribution is 5.33. The summed E-state index contributed by atoms with van der Waals surface area (Å²) in [6.07, 6.45) is 9.66. The fourth-order valence-electron chi connectivity index (χ4n) is 5.95. The van der Waals surface area contributed by atoms with Crippen LogP contribution in [0.3, 0.4) is 0 Å². The van der Waals surface area contributed by atoms with Gasteiger partial charge in [-0.3, -0.25) is 0 Å². The molecule has 0 saturated heterocycles. The van der Waals surface area contributed by atoms with Gasteiger partial charge in [-0.25, -0.2) is 0 Å². The number of aromatic nitrogens is 1. The third kappa shape index (κ3) is 1.45. The molecular formula is C16H22N2O. The Bertz CT molecular complexity index is 484. The van der Waals surface area contributed by atoms with E-state index in [9.17, 15) is 0 Å². The maximum atomic E-state index is 5.91.